The third-order valence-electron chi connectivity index (χ3n) is 3.59. The van der Waals surface area contributed by atoms with Crippen molar-refractivity contribution in [3.05, 3.63) is 65.3 Å². The van der Waals surface area contributed by atoms with Gasteiger partial charge < -0.3 is 4.98 Å². The molecule has 0 aliphatic heterocycles. The standard InChI is InChI=1S/C17H13N5OS/c23-17(15-8-14(20-21-15)16-6-3-7-24-16)22-19-10-11-9-18-13-5-2-1-4-12(11)13/h1-10,18H,(H,20,21)(H,22,23). The second kappa shape index (κ2) is 6.13. The summed E-state index contributed by atoms with van der Waals surface area (Å²) < 4.78 is 0. The lowest BCUT2D eigenvalue weighted by Gasteiger charge is -1.94. The summed E-state index contributed by atoms with van der Waals surface area (Å²) in [5, 5.41) is 13.9. The number of hydrazone groups is 1. The van der Waals surface area contributed by atoms with Gasteiger partial charge in [0.1, 0.15) is 0 Å². The van der Waals surface area contributed by atoms with Gasteiger partial charge in [0.25, 0.3) is 5.91 Å². The highest BCUT2D eigenvalue weighted by molar-refractivity contribution is 7.13. The fourth-order valence-electron chi connectivity index (χ4n) is 2.41. The molecule has 0 aliphatic carbocycles. The molecule has 4 aromatic rings. The lowest BCUT2D eigenvalue weighted by molar-refractivity contribution is 0.0950. The third-order valence-corrected chi connectivity index (χ3v) is 4.49. The van der Waals surface area contributed by atoms with Gasteiger partial charge in [0.15, 0.2) is 5.69 Å². The maximum atomic E-state index is 12.1. The maximum absolute atomic E-state index is 12.1. The average molecular weight is 335 g/mol. The first-order valence-corrected chi connectivity index (χ1v) is 8.18. The molecular weight excluding hydrogens is 322 g/mol. The molecule has 24 heavy (non-hydrogen) atoms. The molecule has 0 spiro atoms. The lowest BCUT2D eigenvalue weighted by atomic mass is 10.2. The van der Waals surface area contributed by atoms with Crippen LogP contribution in [-0.4, -0.2) is 27.3 Å². The second-order valence-electron chi connectivity index (χ2n) is 5.13. The Morgan fingerprint density at radius 2 is 2.17 bits per heavy atom. The van der Waals surface area contributed by atoms with Gasteiger partial charge in [0.05, 0.1) is 16.8 Å². The fourth-order valence-corrected chi connectivity index (χ4v) is 3.11. The van der Waals surface area contributed by atoms with E-state index < -0.39 is 0 Å². The minimum absolute atomic E-state index is 0.300. The van der Waals surface area contributed by atoms with Crippen LogP contribution in [0.4, 0.5) is 0 Å². The summed E-state index contributed by atoms with van der Waals surface area (Å²) in [6.45, 7) is 0. The quantitative estimate of drug-likeness (QED) is 0.394. The van der Waals surface area contributed by atoms with Crippen molar-refractivity contribution in [2.24, 2.45) is 5.10 Å². The van der Waals surface area contributed by atoms with Crippen LogP contribution in [0.1, 0.15) is 16.1 Å². The Morgan fingerprint density at radius 1 is 1.25 bits per heavy atom. The van der Waals surface area contributed by atoms with Gasteiger partial charge in [-0.15, -0.1) is 11.3 Å². The molecule has 0 fully saturated rings. The number of carbonyl (C=O) groups is 1. The summed E-state index contributed by atoms with van der Waals surface area (Å²) in [7, 11) is 0. The van der Waals surface area contributed by atoms with E-state index in [0.717, 1.165) is 27.0 Å². The van der Waals surface area contributed by atoms with E-state index in [4.69, 9.17) is 0 Å². The van der Waals surface area contributed by atoms with E-state index in [2.05, 4.69) is 25.7 Å². The normalized spacial score (nSPS) is 11.3. The predicted octanol–water partition coefficient (Wildman–Crippen LogP) is 3.38. The monoisotopic (exact) mass is 335 g/mol. The molecule has 3 aromatic heterocycles. The van der Waals surface area contributed by atoms with E-state index in [-0.39, 0.29) is 5.91 Å². The van der Waals surface area contributed by atoms with E-state index in [1.807, 2.05) is 48.0 Å². The van der Waals surface area contributed by atoms with Crippen molar-refractivity contribution in [2.45, 2.75) is 0 Å². The van der Waals surface area contributed by atoms with Gasteiger partial charge in [-0.1, -0.05) is 24.3 Å². The van der Waals surface area contributed by atoms with Crippen LogP contribution in [0.15, 0.2) is 59.1 Å². The van der Waals surface area contributed by atoms with Crippen molar-refractivity contribution in [1.82, 2.24) is 20.6 Å². The van der Waals surface area contributed by atoms with Crippen LogP contribution in [-0.2, 0) is 0 Å². The molecule has 1 aromatic carbocycles. The van der Waals surface area contributed by atoms with Crippen molar-refractivity contribution in [3.8, 4) is 10.6 Å². The molecule has 0 saturated carbocycles. The van der Waals surface area contributed by atoms with Gasteiger partial charge in [-0.05, 0) is 23.6 Å². The smallest absolute Gasteiger partial charge is 0.291 e. The molecule has 3 heterocycles. The van der Waals surface area contributed by atoms with Crippen LogP contribution in [0.2, 0.25) is 0 Å². The molecular formula is C17H13N5OS. The number of para-hydroxylation sites is 1. The summed E-state index contributed by atoms with van der Waals surface area (Å²) in [6, 6.07) is 13.5. The molecule has 0 atom stereocenters. The highest BCUT2D eigenvalue weighted by Crippen LogP contribution is 2.22. The number of benzene rings is 1. The van der Waals surface area contributed by atoms with E-state index in [1.165, 1.54) is 0 Å². The van der Waals surface area contributed by atoms with Crippen molar-refractivity contribution < 1.29 is 4.79 Å². The summed E-state index contributed by atoms with van der Waals surface area (Å²) in [5.41, 5.74) is 5.55. The molecule has 0 radical (unpaired) electrons. The van der Waals surface area contributed by atoms with Gasteiger partial charge in [0, 0.05) is 22.7 Å². The van der Waals surface area contributed by atoms with Gasteiger partial charge in [0.2, 0.25) is 0 Å². The minimum atomic E-state index is -0.356. The van der Waals surface area contributed by atoms with E-state index in [1.54, 1.807) is 23.6 Å². The molecule has 7 heteroatoms. The zero-order chi connectivity index (χ0) is 16.4. The number of hydrogen-bond donors (Lipinski definition) is 3. The second-order valence-corrected chi connectivity index (χ2v) is 6.08. The number of aromatic amines is 2. The Balaban J connectivity index is 1.47. The summed E-state index contributed by atoms with van der Waals surface area (Å²) in [6.07, 6.45) is 3.47. The fraction of sp³-hybridized carbons (Fsp3) is 0. The Hall–Kier alpha value is -3.19. The number of nitrogens with zero attached hydrogens (tertiary/aromatic N) is 2. The lowest BCUT2D eigenvalue weighted by Crippen LogP contribution is -2.17. The van der Waals surface area contributed by atoms with Crippen LogP contribution < -0.4 is 5.43 Å². The molecule has 4 rings (SSSR count). The molecule has 6 nitrogen and oxygen atoms in total. The Kier molecular flexibility index (Phi) is 3.68. The number of nitrogens with one attached hydrogen (secondary N) is 3. The van der Waals surface area contributed by atoms with Crippen molar-refractivity contribution in [3.63, 3.8) is 0 Å². The van der Waals surface area contributed by atoms with E-state index >= 15 is 0 Å². The highest BCUT2D eigenvalue weighted by atomic mass is 32.1. The first-order valence-electron chi connectivity index (χ1n) is 7.30. The molecule has 118 valence electrons. The number of hydrogen-bond acceptors (Lipinski definition) is 4. The number of rotatable bonds is 4. The van der Waals surface area contributed by atoms with Gasteiger partial charge >= 0.3 is 0 Å². The molecule has 0 saturated heterocycles. The highest BCUT2D eigenvalue weighted by Gasteiger charge is 2.11. The van der Waals surface area contributed by atoms with E-state index in [9.17, 15) is 4.79 Å². The third kappa shape index (κ3) is 2.72. The topological polar surface area (TPSA) is 85.9 Å². The number of H-pyrrole nitrogens is 2. The number of amides is 1. The van der Waals surface area contributed by atoms with Gasteiger partial charge in [-0.25, -0.2) is 5.43 Å². The molecule has 1 amide bonds. The summed E-state index contributed by atoms with van der Waals surface area (Å²) in [5.74, 6) is -0.356. The van der Waals surface area contributed by atoms with Crippen molar-refractivity contribution in [2.75, 3.05) is 0 Å². The Bertz CT molecular complexity index is 1010. The molecule has 0 aliphatic rings. The number of fused-ring (bicyclic) bond motifs is 1. The SMILES string of the molecule is O=C(NN=Cc1c[nH]c2ccccc12)c1cc(-c2cccs2)[nH]n1. The molecule has 0 bridgehead atoms. The number of carbonyl (C=O) groups excluding carboxylic acids is 1. The largest absolute Gasteiger partial charge is 0.361 e. The average Bonchev–Trinajstić information content (AvgIpc) is 3.35. The minimum Gasteiger partial charge on any atom is -0.361 e. The number of thiophene rings is 1. The first-order chi connectivity index (χ1) is 11.8. The van der Waals surface area contributed by atoms with Crippen LogP contribution in [0.3, 0.4) is 0 Å². The predicted molar refractivity (Wildman–Crippen MR) is 95.3 cm³/mol. The Labute approximate surface area is 141 Å². The first kappa shape index (κ1) is 14.4. The summed E-state index contributed by atoms with van der Waals surface area (Å²) >= 11 is 1.58. The zero-order valence-corrected chi connectivity index (χ0v) is 13.3. The van der Waals surface area contributed by atoms with Gasteiger partial charge in [-0.2, -0.15) is 10.2 Å². The molecule has 3 N–H and O–H groups in total. The van der Waals surface area contributed by atoms with Crippen LogP contribution in [0.25, 0.3) is 21.5 Å². The van der Waals surface area contributed by atoms with Crippen molar-refractivity contribution >= 4 is 34.4 Å². The molecule has 0 unspecified atom stereocenters. The van der Waals surface area contributed by atoms with Gasteiger partial charge in [-0.3, -0.25) is 9.89 Å². The number of aromatic nitrogens is 3. The van der Waals surface area contributed by atoms with E-state index in [0.29, 0.717) is 5.69 Å². The van der Waals surface area contributed by atoms with Crippen LogP contribution in [0.5, 0.6) is 0 Å². The summed E-state index contributed by atoms with van der Waals surface area (Å²) in [4.78, 5) is 16.3. The zero-order valence-electron chi connectivity index (χ0n) is 12.5. The van der Waals surface area contributed by atoms with Crippen LogP contribution in [0, 0.1) is 0 Å². The maximum Gasteiger partial charge on any atom is 0.291 e. The van der Waals surface area contributed by atoms with Crippen LogP contribution >= 0.6 is 11.3 Å². The van der Waals surface area contributed by atoms with Crippen molar-refractivity contribution in [1.29, 1.82) is 0 Å². The Morgan fingerprint density at radius 3 is 3.04 bits per heavy atom.